The van der Waals surface area contributed by atoms with Crippen LogP contribution in [0.3, 0.4) is 0 Å². The van der Waals surface area contributed by atoms with Crippen molar-refractivity contribution in [2.75, 3.05) is 32.8 Å². The first kappa shape index (κ1) is 38.3. The number of nitrogens with one attached hydrogen (secondary N) is 6. The predicted octanol–water partition coefficient (Wildman–Crippen LogP) is 1.09. The molecule has 0 fully saturated rings. The van der Waals surface area contributed by atoms with Gasteiger partial charge in [-0.3, -0.25) is 14.9 Å². The number of carbonyl (C=O) groups excluding carboxylic acids is 3. The summed E-state index contributed by atoms with van der Waals surface area (Å²) in [6.07, 6.45) is 1.55. The number of aliphatic hydroxyl groups is 1. The maximum absolute atomic E-state index is 12.3. The van der Waals surface area contributed by atoms with Gasteiger partial charge in [-0.2, -0.15) is 0 Å². The van der Waals surface area contributed by atoms with Crippen molar-refractivity contribution in [1.29, 1.82) is 0 Å². The Kier molecular flexibility index (Phi) is 20.1. The van der Waals surface area contributed by atoms with Gasteiger partial charge < -0.3 is 46.6 Å². The number of guanidine groups is 1. The lowest BCUT2D eigenvalue weighted by Crippen LogP contribution is -2.49. The number of aliphatic hydroxyl groups excluding tert-OH is 1. The fourth-order valence-corrected chi connectivity index (χ4v) is 3.48. The first-order valence-corrected chi connectivity index (χ1v) is 14.2. The van der Waals surface area contributed by atoms with Crippen LogP contribution in [0.2, 0.25) is 0 Å². The van der Waals surface area contributed by atoms with Gasteiger partial charge in [-0.1, -0.05) is 12.8 Å². The van der Waals surface area contributed by atoms with Crippen LogP contribution in [-0.4, -0.2) is 102 Å². The highest BCUT2D eigenvalue weighted by Crippen LogP contribution is 2.06. The van der Waals surface area contributed by atoms with Gasteiger partial charge >= 0.3 is 18.3 Å². The van der Waals surface area contributed by atoms with Crippen molar-refractivity contribution in [2.45, 2.75) is 96.7 Å². The molecule has 0 heterocycles. The predicted molar refractivity (Wildman–Crippen MR) is 155 cm³/mol. The Bertz CT molecular complexity index is 879. The Balaban J connectivity index is 4.06. The number of aliphatic imine (C=N–C) groups is 1. The third kappa shape index (κ3) is 23.1. The normalized spacial score (nSPS) is 12.9. The Morgan fingerprint density at radius 2 is 1.45 bits per heavy atom. The lowest BCUT2D eigenvalue weighted by atomic mass is 10.1. The molecule has 0 radical (unpaired) electrons. The molecule has 0 aromatic heterocycles. The molecule has 16 nitrogen and oxygen atoms in total. The molecule has 0 bridgehead atoms. The Hall–Kier alpha value is -3.66. The molecule has 0 aliphatic rings. The summed E-state index contributed by atoms with van der Waals surface area (Å²) in [7, 11) is 0. The molecule has 0 aliphatic heterocycles. The maximum atomic E-state index is 12.3. The second kappa shape index (κ2) is 22.0. The molecule has 0 rings (SSSR count). The number of ether oxygens (including phenoxy) is 1. The summed E-state index contributed by atoms with van der Waals surface area (Å²) in [5.41, 5.74) is -0.755. The summed E-state index contributed by atoms with van der Waals surface area (Å²) in [5.74, 6) is -1.05. The molecule has 0 aliphatic carbocycles. The van der Waals surface area contributed by atoms with Crippen molar-refractivity contribution in [3.63, 3.8) is 0 Å². The number of rotatable bonds is 19. The van der Waals surface area contributed by atoms with Crippen LogP contribution in [0.1, 0.15) is 79.1 Å². The molecule has 0 aromatic carbocycles. The molecule has 0 unspecified atom stereocenters. The highest BCUT2D eigenvalue weighted by molar-refractivity contribution is 5.98. The number of carboxylic acid groups (broad SMARTS) is 2. The minimum atomic E-state index is -1.47. The van der Waals surface area contributed by atoms with Crippen LogP contribution in [0.4, 0.5) is 14.4 Å². The Labute approximate surface area is 246 Å². The molecular weight excluding hydrogens is 554 g/mol. The highest BCUT2D eigenvalue weighted by atomic mass is 16.6. The molecule has 16 heteroatoms. The third-order valence-corrected chi connectivity index (χ3v) is 5.49. The van der Waals surface area contributed by atoms with E-state index < -0.39 is 42.4 Å². The fourth-order valence-electron chi connectivity index (χ4n) is 3.48. The number of unbranched alkanes of at least 4 members (excludes halogenated alkanes) is 4. The van der Waals surface area contributed by atoms with Crippen LogP contribution in [0.5, 0.6) is 0 Å². The fraction of sp³-hybridized carbons (Fsp3) is 0.769. The summed E-state index contributed by atoms with van der Waals surface area (Å²) in [6.45, 7) is 8.39. The summed E-state index contributed by atoms with van der Waals surface area (Å²) in [4.78, 5) is 61.0. The Morgan fingerprint density at radius 1 is 0.833 bits per heavy atom. The first-order chi connectivity index (χ1) is 19.7. The average molecular weight is 604 g/mol. The number of hydrogen-bond donors (Lipinski definition) is 9. The molecule has 0 spiro atoms. The smallest absolute Gasteiger partial charge is 0.434 e. The van der Waals surface area contributed by atoms with Gasteiger partial charge in [0.05, 0.1) is 6.61 Å². The average Bonchev–Trinajstić information content (AvgIpc) is 2.85. The van der Waals surface area contributed by atoms with E-state index in [1.54, 1.807) is 27.7 Å². The molecule has 242 valence electrons. The molecule has 0 saturated carbocycles. The number of amides is 5. The molecule has 9 N–H and O–H groups in total. The van der Waals surface area contributed by atoms with Crippen LogP contribution in [-0.2, 0) is 14.3 Å². The summed E-state index contributed by atoms with van der Waals surface area (Å²) >= 11 is 0. The topological polar surface area (TPSA) is 240 Å². The second-order valence-corrected chi connectivity index (χ2v) is 10.7. The van der Waals surface area contributed by atoms with Crippen LogP contribution in [0.25, 0.3) is 0 Å². The van der Waals surface area contributed by atoms with Crippen LogP contribution in [0, 0.1) is 0 Å². The zero-order valence-electron chi connectivity index (χ0n) is 25.1. The standard InChI is InChI=1S/C26H49N7O9/c1-18(30-23(37)38)12-16-27-13-9-10-14-28-21(36)19(17-34)31-20(35)11-7-5-6-8-15-29-22(32-24(39)40)33-25(41)42-26(2,3)4/h18-19,27,30,34H,5-17H2,1-4H3,(H,28,36)(H,31,35)(H,37,38)(H,39,40)(H2,29,32,33,41)/t18-,19+/m1/s1. The lowest BCUT2D eigenvalue weighted by Gasteiger charge is -2.20. The minimum absolute atomic E-state index is 0.140. The molecule has 0 aromatic rings. The summed E-state index contributed by atoms with van der Waals surface area (Å²) in [6, 6.07) is -1.17. The van der Waals surface area contributed by atoms with Crippen molar-refractivity contribution in [1.82, 2.24) is 31.9 Å². The molecule has 5 amide bonds. The van der Waals surface area contributed by atoms with Crippen LogP contribution < -0.4 is 31.9 Å². The van der Waals surface area contributed by atoms with E-state index in [1.165, 1.54) is 0 Å². The molecule has 0 saturated heterocycles. The van der Waals surface area contributed by atoms with Gasteiger partial charge in [-0.05, 0) is 72.9 Å². The number of hydrogen-bond acceptors (Lipinski definition) is 8. The number of carbonyl (C=O) groups is 5. The van der Waals surface area contributed by atoms with Crippen LogP contribution in [0.15, 0.2) is 4.99 Å². The lowest BCUT2D eigenvalue weighted by molar-refractivity contribution is -0.130. The first-order valence-electron chi connectivity index (χ1n) is 14.2. The van der Waals surface area contributed by atoms with Gasteiger partial charge in [0.25, 0.3) is 0 Å². The largest absolute Gasteiger partial charge is 0.465 e. The molecule has 42 heavy (non-hydrogen) atoms. The maximum Gasteiger partial charge on any atom is 0.434 e. The van der Waals surface area contributed by atoms with Gasteiger partial charge in [-0.25, -0.2) is 14.4 Å². The van der Waals surface area contributed by atoms with Gasteiger partial charge in [0, 0.05) is 25.6 Å². The van der Waals surface area contributed by atoms with Gasteiger partial charge in [0.2, 0.25) is 17.8 Å². The monoisotopic (exact) mass is 603 g/mol. The second-order valence-electron chi connectivity index (χ2n) is 10.7. The third-order valence-electron chi connectivity index (χ3n) is 5.49. The van der Waals surface area contributed by atoms with Crippen molar-refractivity contribution >= 4 is 36.1 Å². The van der Waals surface area contributed by atoms with Crippen molar-refractivity contribution in [3.05, 3.63) is 0 Å². The summed E-state index contributed by atoms with van der Waals surface area (Å²) < 4.78 is 5.08. The molecule has 2 atom stereocenters. The minimum Gasteiger partial charge on any atom is -0.465 e. The van der Waals surface area contributed by atoms with Crippen LogP contribution >= 0.6 is 0 Å². The SMILES string of the molecule is C[C@H](CCNCCCCNC(=O)[C@H](CO)NC(=O)CCCCCCNC(=NC(=O)O)NC(=O)OC(C)(C)C)NC(=O)O. The number of nitrogens with zero attached hydrogens (tertiary/aromatic N) is 1. The van der Waals surface area contributed by atoms with Gasteiger partial charge in [0.15, 0.2) is 0 Å². The van der Waals surface area contributed by atoms with E-state index in [1.807, 2.05) is 0 Å². The zero-order valence-corrected chi connectivity index (χ0v) is 25.1. The van der Waals surface area contributed by atoms with E-state index in [-0.39, 0.29) is 24.3 Å². The van der Waals surface area contributed by atoms with Gasteiger partial charge in [-0.15, -0.1) is 4.99 Å². The van der Waals surface area contributed by atoms with Crippen molar-refractivity contribution in [3.8, 4) is 0 Å². The molecular formula is C26H49N7O9. The van der Waals surface area contributed by atoms with E-state index in [0.717, 1.165) is 6.42 Å². The highest BCUT2D eigenvalue weighted by Gasteiger charge is 2.19. The number of alkyl carbamates (subject to hydrolysis) is 1. The van der Waals surface area contributed by atoms with E-state index >= 15 is 0 Å². The van der Waals surface area contributed by atoms with Crippen molar-refractivity contribution < 1.29 is 44.0 Å². The van der Waals surface area contributed by atoms with Gasteiger partial charge in [0.1, 0.15) is 11.6 Å². The quantitative estimate of drug-likeness (QED) is 0.0575. The van der Waals surface area contributed by atoms with E-state index in [0.29, 0.717) is 64.7 Å². The summed E-state index contributed by atoms with van der Waals surface area (Å²) in [5, 5.41) is 42.8. The van der Waals surface area contributed by atoms with E-state index in [4.69, 9.17) is 14.9 Å². The van der Waals surface area contributed by atoms with E-state index in [2.05, 4.69) is 36.9 Å². The Morgan fingerprint density at radius 3 is 2.07 bits per heavy atom. The zero-order chi connectivity index (χ0) is 32.0. The van der Waals surface area contributed by atoms with Crippen molar-refractivity contribution in [2.24, 2.45) is 4.99 Å². The van der Waals surface area contributed by atoms with E-state index in [9.17, 15) is 29.1 Å².